The molecular formula is C23H24N4O3. The minimum absolute atomic E-state index is 0.144. The Balaban J connectivity index is 1.40. The fraction of sp³-hybridized carbons (Fsp3) is 0.261. The van der Waals surface area contributed by atoms with Gasteiger partial charge < -0.3 is 9.47 Å². The molecule has 3 aromatic rings. The van der Waals surface area contributed by atoms with Crippen LogP contribution in [-0.4, -0.2) is 34.6 Å². The number of para-hydroxylation sites is 2. The van der Waals surface area contributed by atoms with Crippen LogP contribution >= 0.6 is 0 Å². The van der Waals surface area contributed by atoms with Crippen LogP contribution in [-0.2, 0) is 11.3 Å². The van der Waals surface area contributed by atoms with Crippen LogP contribution < -0.4 is 14.9 Å². The molecule has 2 heterocycles. The topological polar surface area (TPSA) is 77.7 Å². The zero-order valence-corrected chi connectivity index (χ0v) is 17.3. The van der Waals surface area contributed by atoms with Gasteiger partial charge in [-0.3, -0.25) is 9.48 Å². The van der Waals surface area contributed by atoms with E-state index in [-0.39, 0.29) is 12.5 Å². The van der Waals surface area contributed by atoms with Gasteiger partial charge in [0.05, 0.1) is 18.5 Å². The highest BCUT2D eigenvalue weighted by molar-refractivity contribution is 5.86. The molecule has 0 unspecified atom stereocenters. The van der Waals surface area contributed by atoms with Gasteiger partial charge in [0.1, 0.15) is 6.61 Å². The van der Waals surface area contributed by atoms with Gasteiger partial charge in [0.2, 0.25) is 6.10 Å². The molecule has 0 saturated heterocycles. The first kappa shape index (κ1) is 19.7. The van der Waals surface area contributed by atoms with Crippen LogP contribution in [0.25, 0.3) is 0 Å². The van der Waals surface area contributed by atoms with Crippen molar-refractivity contribution >= 4 is 12.1 Å². The van der Waals surface area contributed by atoms with Gasteiger partial charge in [-0.15, -0.1) is 0 Å². The van der Waals surface area contributed by atoms with Crippen LogP contribution in [0.4, 0.5) is 0 Å². The molecule has 0 bridgehead atoms. The molecule has 7 nitrogen and oxygen atoms in total. The van der Waals surface area contributed by atoms with Gasteiger partial charge >= 0.3 is 0 Å². The number of benzene rings is 2. The van der Waals surface area contributed by atoms with Crippen molar-refractivity contribution in [3.8, 4) is 11.5 Å². The first-order chi connectivity index (χ1) is 14.5. The Kier molecular flexibility index (Phi) is 5.52. The normalized spacial score (nSPS) is 15.4. The maximum absolute atomic E-state index is 12.4. The van der Waals surface area contributed by atoms with Crippen LogP contribution in [0.5, 0.6) is 11.5 Å². The highest BCUT2D eigenvalue weighted by Gasteiger charge is 2.27. The van der Waals surface area contributed by atoms with E-state index in [9.17, 15) is 4.79 Å². The Morgan fingerprint density at radius 2 is 1.90 bits per heavy atom. The Hall–Kier alpha value is -3.61. The molecule has 1 amide bonds. The van der Waals surface area contributed by atoms with Crippen LogP contribution in [0, 0.1) is 20.8 Å². The number of ether oxygens (including phenoxy) is 2. The number of hydrazone groups is 1. The summed E-state index contributed by atoms with van der Waals surface area (Å²) in [6.07, 6.45) is 0.877. The van der Waals surface area contributed by atoms with Gasteiger partial charge in [-0.1, -0.05) is 42.0 Å². The maximum Gasteiger partial charge on any atom is 0.284 e. The summed E-state index contributed by atoms with van der Waals surface area (Å²) in [5.41, 5.74) is 7.66. The van der Waals surface area contributed by atoms with E-state index in [4.69, 9.17) is 9.47 Å². The van der Waals surface area contributed by atoms with E-state index in [2.05, 4.69) is 46.8 Å². The molecular weight excluding hydrogens is 380 g/mol. The van der Waals surface area contributed by atoms with Crippen LogP contribution in [0.3, 0.4) is 0 Å². The predicted octanol–water partition coefficient (Wildman–Crippen LogP) is 3.15. The molecule has 1 aliphatic rings. The molecule has 4 rings (SSSR count). The molecule has 7 heteroatoms. The SMILES string of the molecule is Cc1ccc(Cn2nc(C)c(/C=N\NC(=O)[C@H]3COc4ccccc4O3)c2C)cc1. The number of nitrogens with one attached hydrogen (secondary N) is 1. The van der Waals surface area contributed by atoms with Gasteiger partial charge in [0.15, 0.2) is 11.5 Å². The van der Waals surface area contributed by atoms with E-state index >= 15 is 0 Å². The van der Waals surface area contributed by atoms with Crippen LogP contribution in [0.1, 0.15) is 28.1 Å². The lowest BCUT2D eigenvalue weighted by atomic mass is 10.1. The molecule has 30 heavy (non-hydrogen) atoms. The van der Waals surface area contributed by atoms with Gasteiger partial charge in [-0.05, 0) is 38.5 Å². The third-order valence-corrected chi connectivity index (χ3v) is 5.06. The van der Waals surface area contributed by atoms with Gasteiger partial charge in [-0.25, -0.2) is 5.43 Å². The highest BCUT2D eigenvalue weighted by atomic mass is 16.6. The van der Waals surface area contributed by atoms with Crippen molar-refractivity contribution in [1.82, 2.24) is 15.2 Å². The van der Waals surface area contributed by atoms with Gasteiger partial charge in [0.25, 0.3) is 5.91 Å². The standard InChI is InChI=1S/C23H24N4O3/c1-15-8-10-18(11-9-15)13-27-17(3)19(16(2)26-27)12-24-25-23(28)22-14-29-20-6-4-5-7-21(20)30-22/h4-12,22H,13-14H2,1-3H3,(H,25,28)/b24-12-/t22-/m1/s1. The molecule has 2 aromatic carbocycles. The van der Waals surface area contributed by atoms with E-state index in [1.807, 2.05) is 30.7 Å². The molecule has 1 atom stereocenters. The number of nitrogens with zero attached hydrogens (tertiary/aromatic N) is 3. The second-order valence-corrected chi connectivity index (χ2v) is 7.33. The van der Waals surface area contributed by atoms with Gasteiger partial charge in [-0.2, -0.15) is 10.2 Å². The van der Waals surface area contributed by atoms with Crippen molar-refractivity contribution in [2.24, 2.45) is 5.10 Å². The summed E-state index contributed by atoms with van der Waals surface area (Å²) in [4.78, 5) is 12.4. The van der Waals surface area contributed by atoms with Crippen molar-refractivity contribution in [3.63, 3.8) is 0 Å². The summed E-state index contributed by atoms with van der Waals surface area (Å²) in [7, 11) is 0. The Labute approximate surface area is 175 Å². The van der Waals surface area contributed by atoms with Crippen molar-refractivity contribution in [1.29, 1.82) is 0 Å². The minimum Gasteiger partial charge on any atom is -0.485 e. The summed E-state index contributed by atoms with van der Waals surface area (Å²) in [6, 6.07) is 15.7. The molecule has 1 N–H and O–H groups in total. The molecule has 0 spiro atoms. The molecule has 0 aliphatic carbocycles. The third kappa shape index (κ3) is 4.20. The molecule has 0 radical (unpaired) electrons. The number of aromatic nitrogens is 2. The van der Waals surface area contributed by atoms with Crippen molar-refractivity contribution in [2.45, 2.75) is 33.4 Å². The van der Waals surface area contributed by atoms with E-state index in [0.29, 0.717) is 18.0 Å². The smallest absolute Gasteiger partial charge is 0.284 e. The lowest BCUT2D eigenvalue weighted by Gasteiger charge is -2.24. The highest BCUT2D eigenvalue weighted by Crippen LogP contribution is 2.30. The minimum atomic E-state index is -0.747. The number of rotatable bonds is 5. The van der Waals surface area contributed by atoms with Crippen LogP contribution in [0.15, 0.2) is 53.6 Å². The fourth-order valence-corrected chi connectivity index (χ4v) is 3.30. The Bertz CT molecular complexity index is 1090. The summed E-state index contributed by atoms with van der Waals surface area (Å²) < 4.78 is 13.2. The van der Waals surface area contributed by atoms with E-state index in [1.54, 1.807) is 18.3 Å². The third-order valence-electron chi connectivity index (χ3n) is 5.06. The van der Waals surface area contributed by atoms with Crippen molar-refractivity contribution < 1.29 is 14.3 Å². The first-order valence-electron chi connectivity index (χ1n) is 9.82. The molecule has 154 valence electrons. The largest absolute Gasteiger partial charge is 0.485 e. The lowest BCUT2D eigenvalue weighted by Crippen LogP contribution is -2.42. The Morgan fingerprint density at radius 3 is 2.67 bits per heavy atom. The fourth-order valence-electron chi connectivity index (χ4n) is 3.30. The number of aryl methyl sites for hydroxylation is 2. The molecule has 1 aromatic heterocycles. The summed E-state index contributed by atoms with van der Waals surface area (Å²) in [5, 5.41) is 8.72. The average molecular weight is 404 g/mol. The summed E-state index contributed by atoms with van der Waals surface area (Å²) >= 11 is 0. The summed E-state index contributed by atoms with van der Waals surface area (Å²) in [6.45, 7) is 6.81. The number of amides is 1. The predicted molar refractivity (Wildman–Crippen MR) is 114 cm³/mol. The number of carbonyl (C=O) groups excluding carboxylic acids is 1. The van der Waals surface area contributed by atoms with Gasteiger partial charge in [0, 0.05) is 11.3 Å². The van der Waals surface area contributed by atoms with E-state index in [1.165, 1.54) is 11.1 Å². The van der Waals surface area contributed by atoms with E-state index in [0.717, 1.165) is 17.0 Å². The number of hydrogen-bond acceptors (Lipinski definition) is 5. The monoisotopic (exact) mass is 404 g/mol. The number of fused-ring (bicyclic) bond motifs is 1. The lowest BCUT2D eigenvalue weighted by molar-refractivity contribution is -0.130. The summed E-state index contributed by atoms with van der Waals surface area (Å²) in [5.74, 6) is 0.831. The van der Waals surface area contributed by atoms with Crippen molar-refractivity contribution in [2.75, 3.05) is 6.61 Å². The maximum atomic E-state index is 12.4. The number of carbonyl (C=O) groups is 1. The van der Waals surface area contributed by atoms with Crippen LogP contribution in [0.2, 0.25) is 0 Å². The second kappa shape index (κ2) is 8.41. The Morgan fingerprint density at radius 1 is 1.17 bits per heavy atom. The zero-order chi connectivity index (χ0) is 21.1. The first-order valence-corrected chi connectivity index (χ1v) is 9.82. The average Bonchev–Trinajstić information content (AvgIpc) is 3.02. The molecule has 1 aliphatic heterocycles. The second-order valence-electron chi connectivity index (χ2n) is 7.33. The number of hydrogen-bond donors (Lipinski definition) is 1. The van der Waals surface area contributed by atoms with Crippen molar-refractivity contribution in [3.05, 3.63) is 76.6 Å². The molecule has 0 fully saturated rings. The zero-order valence-electron chi connectivity index (χ0n) is 17.3. The quantitative estimate of drug-likeness (QED) is 0.523. The van der Waals surface area contributed by atoms with E-state index < -0.39 is 6.10 Å². The molecule has 0 saturated carbocycles.